The van der Waals surface area contributed by atoms with Crippen molar-refractivity contribution in [3.8, 4) is 11.5 Å². The minimum Gasteiger partial charge on any atom is -0.493 e. The minimum absolute atomic E-state index is 0.0682. The van der Waals surface area contributed by atoms with E-state index < -0.39 is 6.09 Å². The molecular formula is C23H35FN2O4. The third-order valence-electron chi connectivity index (χ3n) is 6.79. The molecule has 1 amide bonds. The van der Waals surface area contributed by atoms with E-state index in [1.165, 1.54) is 11.1 Å². The SMILES string of the molecule is COc1cc2c(cc1OC)[C@H]1C[C@@H](OC(N)=O)[C@H](CCC(C)(C)CC[18F])CN1CC2. The molecule has 7 heteroatoms. The topological polar surface area (TPSA) is 74.0 Å². The number of ether oxygens (including phenoxy) is 3. The summed E-state index contributed by atoms with van der Waals surface area (Å²) in [6.07, 6.45) is 2.97. The van der Waals surface area contributed by atoms with Crippen LogP contribution in [0.3, 0.4) is 0 Å². The summed E-state index contributed by atoms with van der Waals surface area (Å²) in [7, 11) is 3.28. The number of hydrogen-bond donors (Lipinski definition) is 1. The number of halogens is 1. The van der Waals surface area contributed by atoms with Gasteiger partial charge in [-0.05, 0) is 54.4 Å². The van der Waals surface area contributed by atoms with Crippen molar-refractivity contribution in [3.05, 3.63) is 23.3 Å². The number of alkyl halides is 1. The van der Waals surface area contributed by atoms with Gasteiger partial charge in [-0.1, -0.05) is 13.8 Å². The largest absolute Gasteiger partial charge is 0.493 e. The van der Waals surface area contributed by atoms with E-state index in [1.807, 2.05) is 0 Å². The number of primary amides is 1. The summed E-state index contributed by atoms with van der Waals surface area (Å²) >= 11 is 0. The fraction of sp³-hybridized carbons (Fsp3) is 0.696. The normalized spacial score (nSPS) is 24.0. The smallest absolute Gasteiger partial charge is 0.404 e. The van der Waals surface area contributed by atoms with E-state index in [0.717, 1.165) is 38.1 Å². The number of hydrogen-bond acceptors (Lipinski definition) is 5. The van der Waals surface area contributed by atoms with Crippen LogP contribution in [-0.4, -0.2) is 51.1 Å². The second-order valence-corrected chi connectivity index (χ2v) is 9.28. The standard InChI is InChI=1S/C23H35FN2O4/c1-23(2,8-9-24)7-5-16-14-26-10-6-15-11-20(28-3)21(29-4)12-17(15)18(26)13-19(16)30-22(25)27/h11-12,16,18-19H,5-10,13-14H2,1-4H3,(H2,25,27)/t16-,18-,19-/m1/s1/i24-1. The van der Waals surface area contributed by atoms with Gasteiger partial charge in [0, 0.05) is 31.5 Å². The Morgan fingerprint density at radius 1 is 1.23 bits per heavy atom. The Labute approximate surface area is 178 Å². The average molecular weight is 422 g/mol. The van der Waals surface area contributed by atoms with Crippen LogP contribution < -0.4 is 15.2 Å². The summed E-state index contributed by atoms with van der Waals surface area (Å²) in [6.45, 7) is 5.66. The van der Waals surface area contributed by atoms with Crippen molar-refractivity contribution in [2.45, 2.75) is 58.1 Å². The highest BCUT2D eigenvalue weighted by Gasteiger charge is 2.41. The molecule has 168 valence electrons. The molecule has 0 aromatic heterocycles. The molecule has 2 heterocycles. The Morgan fingerprint density at radius 3 is 2.57 bits per heavy atom. The van der Waals surface area contributed by atoms with Crippen molar-refractivity contribution in [3.63, 3.8) is 0 Å². The summed E-state index contributed by atoms with van der Waals surface area (Å²) in [5.74, 6) is 1.63. The molecule has 3 rings (SSSR count). The number of fused-ring (bicyclic) bond motifs is 3. The maximum Gasteiger partial charge on any atom is 0.404 e. The lowest BCUT2D eigenvalue weighted by Gasteiger charge is -2.47. The second-order valence-electron chi connectivity index (χ2n) is 9.28. The van der Waals surface area contributed by atoms with E-state index in [-0.39, 0.29) is 30.2 Å². The first kappa shape index (κ1) is 22.7. The fourth-order valence-corrected chi connectivity index (χ4v) is 4.93. The quantitative estimate of drug-likeness (QED) is 0.679. The Bertz CT molecular complexity index is 755. The van der Waals surface area contributed by atoms with Crippen molar-refractivity contribution >= 4 is 6.09 Å². The Balaban J connectivity index is 1.82. The van der Waals surface area contributed by atoms with Crippen LogP contribution in [0.4, 0.5) is 9.18 Å². The predicted octanol–water partition coefficient (Wildman–Crippen LogP) is 4.25. The van der Waals surface area contributed by atoms with Crippen LogP contribution in [0.25, 0.3) is 0 Å². The zero-order valence-electron chi connectivity index (χ0n) is 18.6. The van der Waals surface area contributed by atoms with Gasteiger partial charge in [-0.3, -0.25) is 9.29 Å². The van der Waals surface area contributed by atoms with Crippen LogP contribution in [-0.2, 0) is 11.2 Å². The molecule has 0 bridgehead atoms. The Kier molecular flexibility index (Phi) is 7.11. The van der Waals surface area contributed by atoms with Crippen LogP contribution in [0.15, 0.2) is 12.1 Å². The van der Waals surface area contributed by atoms with E-state index in [9.17, 15) is 9.18 Å². The third-order valence-corrected chi connectivity index (χ3v) is 6.79. The van der Waals surface area contributed by atoms with Crippen molar-refractivity contribution in [2.75, 3.05) is 34.0 Å². The first-order valence-corrected chi connectivity index (χ1v) is 10.8. The number of carbonyl (C=O) groups is 1. The molecule has 0 saturated carbocycles. The lowest BCUT2D eigenvalue weighted by molar-refractivity contribution is -0.0264. The van der Waals surface area contributed by atoms with E-state index >= 15 is 0 Å². The van der Waals surface area contributed by atoms with Crippen molar-refractivity contribution in [1.82, 2.24) is 4.90 Å². The van der Waals surface area contributed by atoms with Gasteiger partial charge in [0.2, 0.25) is 0 Å². The molecule has 2 aliphatic heterocycles. The number of piperidine rings is 1. The van der Waals surface area contributed by atoms with Gasteiger partial charge in [0.05, 0.1) is 20.9 Å². The molecule has 1 aromatic carbocycles. The minimum atomic E-state index is -0.732. The van der Waals surface area contributed by atoms with Gasteiger partial charge >= 0.3 is 6.09 Å². The highest BCUT2D eigenvalue weighted by molar-refractivity contribution is 5.64. The Hall–Kier alpha value is -2.02. The molecule has 0 spiro atoms. The number of benzene rings is 1. The van der Waals surface area contributed by atoms with E-state index in [4.69, 9.17) is 19.9 Å². The molecule has 2 aliphatic rings. The maximum atomic E-state index is 12.9. The van der Waals surface area contributed by atoms with Crippen LogP contribution in [0.2, 0.25) is 0 Å². The lowest BCUT2D eigenvalue weighted by Crippen LogP contribution is -2.49. The lowest BCUT2D eigenvalue weighted by atomic mass is 9.76. The first-order chi connectivity index (χ1) is 14.3. The molecule has 1 fully saturated rings. The molecule has 3 atom stereocenters. The van der Waals surface area contributed by atoms with Crippen molar-refractivity contribution in [1.29, 1.82) is 0 Å². The predicted molar refractivity (Wildman–Crippen MR) is 114 cm³/mol. The summed E-state index contributed by atoms with van der Waals surface area (Å²) in [6, 6.07) is 4.26. The third kappa shape index (κ3) is 4.99. The van der Waals surface area contributed by atoms with E-state index in [2.05, 4.69) is 30.9 Å². The highest BCUT2D eigenvalue weighted by Crippen LogP contribution is 2.44. The van der Waals surface area contributed by atoms with Gasteiger partial charge in [-0.15, -0.1) is 0 Å². The number of carbonyl (C=O) groups excluding carboxylic acids is 1. The second kappa shape index (κ2) is 9.41. The van der Waals surface area contributed by atoms with E-state index in [1.54, 1.807) is 14.2 Å². The van der Waals surface area contributed by atoms with Gasteiger partial charge in [0.25, 0.3) is 0 Å². The molecule has 0 unspecified atom stereocenters. The van der Waals surface area contributed by atoms with Gasteiger partial charge in [0.15, 0.2) is 11.5 Å². The number of nitrogens with two attached hydrogens (primary N) is 1. The van der Waals surface area contributed by atoms with Gasteiger partial charge in [-0.2, -0.15) is 0 Å². The Morgan fingerprint density at radius 2 is 1.93 bits per heavy atom. The number of methoxy groups -OCH3 is 2. The van der Waals surface area contributed by atoms with Crippen LogP contribution in [0.1, 0.15) is 56.7 Å². The fourth-order valence-electron chi connectivity index (χ4n) is 4.93. The number of nitrogens with zero attached hydrogens (tertiary/aromatic N) is 1. The summed E-state index contributed by atoms with van der Waals surface area (Å²) in [5, 5.41) is 0. The maximum absolute atomic E-state index is 12.9. The first-order valence-electron chi connectivity index (χ1n) is 10.8. The summed E-state index contributed by atoms with van der Waals surface area (Å²) in [4.78, 5) is 14.1. The zero-order valence-corrected chi connectivity index (χ0v) is 18.6. The average Bonchev–Trinajstić information content (AvgIpc) is 2.70. The van der Waals surface area contributed by atoms with Gasteiger partial charge in [0.1, 0.15) is 6.10 Å². The summed E-state index contributed by atoms with van der Waals surface area (Å²) in [5.41, 5.74) is 7.78. The van der Waals surface area contributed by atoms with Crippen LogP contribution in [0.5, 0.6) is 11.5 Å². The highest BCUT2D eigenvalue weighted by atomic mass is 18.2. The molecule has 0 radical (unpaired) electrons. The van der Waals surface area contributed by atoms with Crippen LogP contribution >= 0.6 is 0 Å². The molecule has 1 saturated heterocycles. The summed E-state index contributed by atoms with van der Waals surface area (Å²) < 4.78 is 29.4. The van der Waals surface area contributed by atoms with Crippen molar-refractivity contribution in [2.24, 2.45) is 17.1 Å². The monoisotopic (exact) mass is 421 g/mol. The molecule has 2 N–H and O–H groups in total. The van der Waals surface area contributed by atoms with Gasteiger partial charge in [-0.25, -0.2) is 4.79 Å². The zero-order chi connectivity index (χ0) is 21.9. The molecular weight excluding hydrogens is 386 g/mol. The molecule has 6 nitrogen and oxygen atoms in total. The molecule has 1 aromatic rings. The van der Waals surface area contributed by atoms with Crippen LogP contribution in [0, 0.1) is 11.3 Å². The number of rotatable bonds is 8. The number of amides is 1. The molecule has 0 aliphatic carbocycles. The van der Waals surface area contributed by atoms with E-state index in [0.29, 0.717) is 18.6 Å². The molecule has 30 heavy (non-hydrogen) atoms. The van der Waals surface area contributed by atoms with Gasteiger partial charge < -0.3 is 19.9 Å². The van der Waals surface area contributed by atoms with Crippen molar-refractivity contribution < 1.29 is 23.4 Å².